The number of hydrogen-bond donors (Lipinski definition) is 1. The van der Waals surface area contributed by atoms with E-state index in [9.17, 15) is 4.79 Å². The van der Waals surface area contributed by atoms with Crippen molar-refractivity contribution in [3.63, 3.8) is 0 Å². The molecule has 2 aromatic rings. The van der Waals surface area contributed by atoms with Gasteiger partial charge in [0, 0.05) is 23.6 Å². The highest BCUT2D eigenvalue weighted by atomic mass is 35.5. The monoisotopic (exact) mass is 445 g/mol. The minimum atomic E-state index is -0.414. The highest BCUT2D eigenvalue weighted by Gasteiger charge is 2.11. The molecule has 0 atom stereocenters. The maximum Gasteiger partial charge on any atom is 0.339 e. The lowest BCUT2D eigenvalue weighted by molar-refractivity contribution is 0.0526. The number of carbonyl (C=O) groups excluding carboxylic acids is 1. The fourth-order valence-electron chi connectivity index (χ4n) is 2.44. The minimum absolute atomic E-state index is 0.301. The summed E-state index contributed by atoms with van der Waals surface area (Å²) in [7, 11) is 0. The number of allylic oxidation sites excluding steroid dienone is 3. The zero-order valence-electron chi connectivity index (χ0n) is 17.5. The molecule has 0 fully saturated rings. The van der Waals surface area contributed by atoms with Gasteiger partial charge in [-0.3, -0.25) is 4.98 Å². The molecule has 1 aromatic heterocycles. The maximum absolute atomic E-state index is 12.1. The molecule has 1 heterocycles. The second-order valence-electron chi connectivity index (χ2n) is 6.45. The Kier molecular flexibility index (Phi) is 9.09. The zero-order valence-corrected chi connectivity index (χ0v) is 19.0. The molecule has 158 valence electrons. The van der Waals surface area contributed by atoms with Gasteiger partial charge in [0.05, 0.1) is 27.9 Å². The molecule has 0 aliphatic rings. The van der Waals surface area contributed by atoms with E-state index in [1.165, 1.54) is 6.20 Å². The van der Waals surface area contributed by atoms with E-state index >= 15 is 0 Å². The highest BCUT2D eigenvalue weighted by Crippen LogP contribution is 2.26. The van der Waals surface area contributed by atoms with E-state index in [1.807, 2.05) is 32.1 Å². The van der Waals surface area contributed by atoms with Crippen LogP contribution in [-0.2, 0) is 4.74 Å². The van der Waals surface area contributed by atoms with E-state index in [0.29, 0.717) is 39.3 Å². The smallest absolute Gasteiger partial charge is 0.339 e. The van der Waals surface area contributed by atoms with Crippen LogP contribution >= 0.6 is 23.2 Å². The van der Waals surface area contributed by atoms with Crippen LogP contribution in [0.3, 0.4) is 0 Å². The average Bonchev–Trinajstić information content (AvgIpc) is 2.75. The summed E-state index contributed by atoms with van der Waals surface area (Å²) < 4.78 is 5.09. The molecule has 5 nitrogen and oxygen atoms in total. The van der Waals surface area contributed by atoms with Crippen molar-refractivity contribution in [3.8, 4) is 0 Å². The fraction of sp³-hybridized carbons (Fsp3) is 0.261. The summed E-state index contributed by atoms with van der Waals surface area (Å²) in [6.45, 7) is 8.05. The SMILES string of the molecule is C\C=C(/N=C(\C=C(/C)CC)c1cncc(C(=O)OCC)c1)Nc1ccc(Cl)c(Cl)c1. The van der Waals surface area contributed by atoms with Gasteiger partial charge in [-0.05, 0) is 63.6 Å². The first-order chi connectivity index (χ1) is 14.4. The van der Waals surface area contributed by atoms with Crippen LogP contribution in [0.2, 0.25) is 10.0 Å². The van der Waals surface area contributed by atoms with Crippen LogP contribution in [0.5, 0.6) is 0 Å². The number of pyridine rings is 1. The first kappa shape index (κ1) is 23.6. The number of esters is 1. The van der Waals surface area contributed by atoms with Crippen molar-refractivity contribution in [2.24, 2.45) is 4.99 Å². The van der Waals surface area contributed by atoms with Crippen molar-refractivity contribution in [2.45, 2.75) is 34.1 Å². The van der Waals surface area contributed by atoms with Gasteiger partial charge in [0.25, 0.3) is 0 Å². The van der Waals surface area contributed by atoms with Crippen molar-refractivity contribution in [2.75, 3.05) is 11.9 Å². The number of nitrogens with one attached hydrogen (secondary N) is 1. The number of ether oxygens (including phenoxy) is 1. The predicted molar refractivity (Wildman–Crippen MR) is 125 cm³/mol. The summed E-state index contributed by atoms with van der Waals surface area (Å²) in [6.07, 6.45) is 7.86. The molecule has 0 aliphatic heterocycles. The van der Waals surface area contributed by atoms with Crippen LogP contribution in [0.4, 0.5) is 5.69 Å². The largest absolute Gasteiger partial charge is 0.462 e. The third kappa shape index (κ3) is 6.71. The van der Waals surface area contributed by atoms with Gasteiger partial charge < -0.3 is 10.1 Å². The molecule has 0 spiro atoms. The third-order valence-electron chi connectivity index (χ3n) is 4.19. The number of benzene rings is 1. The lowest BCUT2D eigenvalue weighted by Crippen LogP contribution is -2.09. The summed E-state index contributed by atoms with van der Waals surface area (Å²) in [5, 5.41) is 4.17. The van der Waals surface area contributed by atoms with Gasteiger partial charge in [0.15, 0.2) is 0 Å². The number of halogens is 2. The Bertz CT molecular complexity index is 998. The quantitative estimate of drug-likeness (QED) is 0.363. The van der Waals surface area contributed by atoms with Crippen LogP contribution in [0.15, 0.2) is 65.2 Å². The Balaban J connectivity index is 2.44. The van der Waals surface area contributed by atoms with Crippen LogP contribution in [0, 0.1) is 0 Å². The molecule has 30 heavy (non-hydrogen) atoms. The molecule has 1 N–H and O–H groups in total. The van der Waals surface area contributed by atoms with Gasteiger partial charge in [0.2, 0.25) is 0 Å². The molecule has 0 amide bonds. The van der Waals surface area contributed by atoms with Crippen molar-refractivity contribution in [1.82, 2.24) is 4.98 Å². The predicted octanol–water partition coefficient (Wildman–Crippen LogP) is 6.68. The van der Waals surface area contributed by atoms with E-state index in [4.69, 9.17) is 32.9 Å². The third-order valence-corrected chi connectivity index (χ3v) is 4.93. The number of nitrogens with zero attached hydrogens (tertiary/aromatic N) is 2. The van der Waals surface area contributed by atoms with Crippen molar-refractivity contribution < 1.29 is 9.53 Å². The number of carbonyl (C=O) groups is 1. The average molecular weight is 446 g/mol. The molecule has 0 aliphatic carbocycles. The van der Waals surface area contributed by atoms with E-state index in [-0.39, 0.29) is 0 Å². The van der Waals surface area contributed by atoms with Crippen LogP contribution < -0.4 is 5.32 Å². The van der Waals surface area contributed by atoms with Gasteiger partial charge in [-0.25, -0.2) is 9.79 Å². The van der Waals surface area contributed by atoms with Gasteiger partial charge >= 0.3 is 5.97 Å². The van der Waals surface area contributed by atoms with Crippen molar-refractivity contribution in [1.29, 1.82) is 0 Å². The Morgan fingerprint density at radius 2 is 1.90 bits per heavy atom. The van der Waals surface area contributed by atoms with Crippen LogP contribution in [-0.4, -0.2) is 23.3 Å². The highest BCUT2D eigenvalue weighted by molar-refractivity contribution is 6.42. The molecule has 0 radical (unpaired) electrons. The molecule has 0 saturated heterocycles. The summed E-state index contributed by atoms with van der Waals surface area (Å²) in [6, 6.07) is 7.01. The number of anilines is 1. The second-order valence-corrected chi connectivity index (χ2v) is 7.27. The van der Waals surface area contributed by atoms with Gasteiger partial charge in [-0.15, -0.1) is 0 Å². The van der Waals surface area contributed by atoms with Gasteiger partial charge in [0.1, 0.15) is 5.82 Å². The zero-order chi connectivity index (χ0) is 22.1. The van der Waals surface area contributed by atoms with Crippen LogP contribution in [0.1, 0.15) is 50.0 Å². The van der Waals surface area contributed by atoms with E-state index < -0.39 is 5.97 Å². The summed E-state index contributed by atoms with van der Waals surface area (Å²) >= 11 is 12.1. The summed E-state index contributed by atoms with van der Waals surface area (Å²) in [5.41, 5.74) is 3.66. The summed E-state index contributed by atoms with van der Waals surface area (Å²) in [5.74, 6) is 0.202. The minimum Gasteiger partial charge on any atom is -0.462 e. The van der Waals surface area contributed by atoms with Gasteiger partial charge in [-0.1, -0.05) is 35.7 Å². The van der Waals surface area contributed by atoms with E-state index in [0.717, 1.165) is 17.7 Å². The molecule has 2 rings (SSSR count). The Morgan fingerprint density at radius 1 is 1.17 bits per heavy atom. The van der Waals surface area contributed by atoms with E-state index in [1.54, 1.807) is 31.3 Å². The number of rotatable bonds is 8. The Morgan fingerprint density at radius 3 is 2.53 bits per heavy atom. The Labute approximate surface area is 187 Å². The first-order valence-corrected chi connectivity index (χ1v) is 10.4. The van der Waals surface area contributed by atoms with Crippen LogP contribution in [0.25, 0.3) is 0 Å². The molecular weight excluding hydrogens is 421 g/mol. The molecular formula is C23H25Cl2N3O2. The maximum atomic E-state index is 12.1. The molecule has 0 unspecified atom stereocenters. The molecule has 1 aromatic carbocycles. The van der Waals surface area contributed by atoms with Crippen molar-refractivity contribution >= 4 is 40.6 Å². The lowest BCUT2D eigenvalue weighted by atomic mass is 10.1. The van der Waals surface area contributed by atoms with E-state index in [2.05, 4.69) is 17.2 Å². The second kappa shape index (κ2) is 11.5. The lowest BCUT2D eigenvalue weighted by Gasteiger charge is -2.11. The topological polar surface area (TPSA) is 63.6 Å². The molecule has 0 saturated carbocycles. The standard InChI is InChI=1S/C23H25Cl2N3O2/c1-5-15(4)10-21(16-11-17(14-26-13-16)23(29)30-7-3)28-22(6-2)27-18-8-9-19(24)20(25)12-18/h6,8-14,27H,5,7H2,1-4H3/b15-10+,22-6-,28-21+. The normalized spacial score (nSPS) is 12.7. The Hall–Kier alpha value is -2.63. The fourth-order valence-corrected chi connectivity index (χ4v) is 2.74. The number of aliphatic imine (C=N–C) groups is 1. The summed E-state index contributed by atoms with van der Waals surface area (Å²) in [4.78, 5) is 21.1. The molecule has 7 heteroatoms. The number of hydrogen-bond acceptors (Lipinski definition) is 5. The first-order valence-electron chi connectivity index (χ1n) is 9.64. The van der Waals surface area contributed by atoms with Crippen molar-refractivity contribution in [3.05, 3.63) is 81.4 Å². The molecule has 0 bridgehead atoms. The number of aromatic nitrogens is 1. The van der Waals surface area contributed by atoms with Gasteiger partial charge in [-0.2, -0.15) is 0 Å².